The van der Waals surface area contributed by atoms with E-state index in [0.717, 1.165) is 42.5 Å². The number of amides is 3. The summed E-state index contributed by atoms with van der Waals surface area (Å²) in [5.74, 6) is 0.0788. The lowest BCUT2D eigenvalue weighted by Gasteiger charge is -2.22. The van der Waals surface area contributed by atoms with Gasteiger partial charge in [-0.2, -0.15) is 0 Å². The van der Waals surface area contributed by atoms with E-state index < -0.39 is 6.04 Å². The first-order valence-electron chi connectivity index (χ1n) is 9.54. The van der Waals surface area contributed by atoms with Crippen molar-refractivity contribution in [1.82, 2.24) is 20.2 Å². The molecule has 1 fully saturated rings. The topological polar surface area (TPSA) is 90.1 Å². The second-order valence-electron chi connectivity index (χ2n) is 6.98. The van der Waals surface area contributed by atoms with Crippen LogP contribution in [0.1, 0.15) is 18.4 Å². The van der Waals surface area contributed by atoms with Crippen LogP contribution in [0.5, 0.6) is 0 Å². The molecule has 4 rings (SSSR count). The van der Waals surface area contributed by atoms with Gasteiger partial charge < -0.3 is 15.2 Å². The summed E-state index contributed by atoms with van der Waals surface area (Å²) in [5, 5.41) is 5.70. The molecule has 1 atom stereocenters. The average Bonchev–Trinajstić information content (AvgIpc) is 3.37. The fourth-order valence-electron chi connectivity index (χ4n) is 3.44. The number of para-hydroxylation sites is 2. The second-order valence-corrected chi connectivity index (χ2v) is 6.98. The van der Waals surface area contributed by atoms with Crippen molar-refractivity contribution in [3.63, 3.8) is 0 Å². The molecule has 28 heavy (non-hydrogen) atoms. The zero-order chi connectivity index (χ0) is 19.3. The maximum atomic E-state index is 12.9. The van der Waals surface area contributed by atoms with Crippen LogP contribution in [-0.2, 0) is 11.2 Å². The van der Waals surface area contributed by atoms with Crippen LogP contribution in [0.3, 0.4) is 0 Å². The largest absolute Gasteiger partial charge is 0.326 e. The Labute approximate surface area is 163 Å². The van der Waals surface area contributed by atoms with Gasteiger partial charge in [-0.1, -0.05) is 42.5 Å². The molecular weight excluding hydrogens is 354 g/mol. The average molecular weight is 377 g/mol. The Balaban J connectivity index is 1.50. The van der Waals surface area contributed by atoms with E-state index in [1.807, 2.05) is 54.6 Å². The molecule has 0 aliphatic carbocycles. The highest BCUT2D eigenvalue weighted by molar-refractivity contribution is 5.97. The van der Waals surface area contributed by atoms with Gasteiger partial charge in [0.1, 0.15) is 6.04 Å². The Bertz CT molecular complexity index is 930. The Morgan fingerprint density at radius 3 is 2.50 bits per heavy atom. The third-order valence-corrected chi connectivity index (χ3v) is 4.92. The maximum absolute atomic E-state index is 12.9. The van der Waals surface area contributed by atoms with E-state index in [2.05, 4.69) is 20.6 Å². The van der Waals surface area contributed by atoms with Gasteiger partial charge in [0.05, 0.1) is 11.0 Å². The lowest BCUT2D eigenvalue weighted by Crippen LogP contribution is -2.50. The van der Waals surface area contributed by atoms with Crippen molar-refractivity contribution in [2.75, 3.05) is 18.4 Å². The van der Waals surface area contributed by atoms with Crippen LogP contribution in [0, 0.1) is 0 Å². The quantitative estimate of drug-likeness (QED) is 0.639. The third kappa shape index (κ3) is 4.14. The molecule has 1 aromatic heterocycles. The van der Waals surface area contributed by atoms with E-state index in [1.165, 1.54) is 0 Å². The van der Waals surface area contributed by atoms with Crippen molar-refractivity contribution in [1.29, 1.82) is 0 Å². The van der Waals surface area contributed by atoms with E-state index in [-0.39, 0.29) is 11.9 Å². The number of fused-ring (bicyclic) bond motifs is 1. The Hall–Kier alpha value is -3.35. The Morgan fingerprint density at radius 2 is 1.75 bits per heavy atom. The molecule has 2 heterocycles. The molecule has 7 nitrogen and oxygen atoms in total. The highest BCUT2D eigenvalue weighted by atomic mass is 16.2. The highest BCUT2D eigenvalue weighted by Gasteiger charge is 2.26. The summed E-state index contributed by atoms with van der Waals surface area (Å²) in [6.07, 6.45) is 2.41. The molecule has 1 aliphatic heterocycles. The summed E-state index contributed by atoms with van der Waals surface area (Å²) in [4.78, 5) is 34.7. The minimum atomic E-state index is -0.691. The number of nitrogens with one attached hydrogen (secondary N) is 3. The highest BCUT2D eigenvalue weighted by Crippen LogP contribution is 2.14. The number of hydrogen-bond acceptors (Lipinski definition) is 3. The summed E-state index contributed by atoms with van der Waals surface area (Å²) in [6.45, 7) is 1.46. The molecule has 3 N–H and O–H groups in total. The van der Waals surface area contributed by atoms with Gasteiger partial charge >= 0.3 is 6.03 Å². The number of carbonyl (C=O) groups excluding carboxylic acids is 2. The van der Waals surface area contributed by atoms with Crippen molar-refractivity contribution in [2.24, 2.45) is 0 Å². The third-order valence-electron chi connectivity index (χ3n) is 4.92. The first kappa shape index (κ1) is 18.0. The van der Waals surface area contributed by atoms with E-state index in [4.69, 9.17) is 0 Å². The molecule has 0 unspecified atom stereocenters. The number of benzene rings is 2. The van der Waals surface area contributed by atoms with Crippen LogP contribution >= 0.6 is 0 Å². The standard InChI is InChI=1S/C21H23N5O2/c27-19(25-20-22-16-10-4-5-11-17(16)23-20)18(14-15-8-2-1-3-9-15)24-21(28)26-12-6-7-13-26/h1-5,8-11,18H,6-7,12-14H2,(H,24,28)(H2,22,23,25,27)/t18-/m1/s1. The smallest absolute Gasteiger partial charge is 0.318 e. The molecule has 1 aliphatic rings. The molecule has 7 heteroatoms. The maximum Gasteiger partial charge on any atom is 0.318 e. The summed E-state index contributed by atoms with van der Waals surface area (Å²) < 4.78 is 0. The van der Waals surface area contributed by atoms with Crippen molar-refractivity contribution >= 4 is 28.9 Å². The first-order valence-corrected chi connectivity index (χ1v) is 9.54. The molecule has 1 saturated heterocycles. The van der Waals surface area contributed by atoms with Crippen LogP contribution < -0.4 is 10.6 Å². The van der Waals surface area contributed by atoms with Gasteiger partial charge in [-0.05, 0) is 30.5 Å². The number of nitrogens with zero attached hydrogens (tertiary/aromatic N) is 2. The van der Waals surface area contributed by atoms with Crippen molar-refractivity contribution in [2.45, 2.75) is 25.3 Å². The minimum Gasteiger partial charge on any atom is -0.326 e. The minimum absolute atomic E-state index is 0.196. The van der Waals surface area contributed by atoms with Crippen LogP contribution in [-0.4, -0.2) is 45.9 Å². The predicted molar refractivity (Wildman–Crippen MR) is 108 cm³/mol. The molecule has 0 bridgehead atoms. The lowest BCUT2D eigenvalue weighted by atomic mass is 10.1. The molecule has 3 amide bonds. The zero-order valence-corrected chi connectivity index (χ0v) is 15.5. The number of H-pyrrole nitrogens is 1. The van der Waals surface area contributed by atoms with Gasteiger partial charge in [0.25, 0.3) is 0 Å². The SMILES string of the molecule is O=C(Nc1nc2ccccc2[nH]1)[C@@H](Cc1ccccc1)NC(=O)N1CCCC1. The molecule has 3 aromatic rings. The summed E-state index contributed by atoms with van der Waals surface area (Å²) in [6, 6.07) is 16.3. The number of hydrogen-bond donors (Lipinski definition) is 3. The van der Waals surface area contributed by atoms with Gasteiger partial charge in [-0.3, -0.25) is 10.1 Å². The van der Waals surface area contributed by atoms with Gasteiger partial charge in [-0.25, -0.2) is 9.78 Å². The summed E-state index contributed by atoms with van der Waals surface area (Å²) >= 11 is 0. The van der Waals surface area contributed by atoms with Gasteiger partial charge in [-0.15, -0.1) is 0 Å². The fourth-order valence-corrected chi connectivity index (χ4v) is 3.44. The number of imidazole rings is 1. The summed E-state index contributed by atoms with van der Waals surface area (Å²) in [5.41, 5.74) is 2.60. The van der Waals surface area contributed by atoms with Crippen molar-refractivity contribution < 1.29 is 9.59 Å². The van der Waals surface area contributed by atoms with Crippen LogP contribution in [0.4, 0.5) is 10.7 Å². The number of rotatable bonds is 5. The monoisotopic (exact) mass is 377 g/mol. The molecular formula is C21H23N5O2. The van der Waals surface area contributed by atoms with Crippen LogP contribution in [0.25, 0.3) is 11.0 Å². The Morgan fingerprint density at radius 1 is 1.04 bits per heavy atom. The van der Waals surface area contributed by atoms with E-state index >= 15 is 0 Å². The van der Waals surface area contributed by atoms with E-state index in [9.17, 15) is 9.59 Å². The van der Waals surface area contributed by atoms with Gasteiger partial charge in [0, 0.05) is 19.5 Å². The molecule has 2 aromatic carbocycles. The molecule has 144 valence electrons. The van der Waals surface area contributed by atoms with Gasteiger partial charge in [0.15, 0.2) is 0 Å². The normalized spacial score (nSPS) is 14.8. The van der Waals surface area contributed by atoms with Gasteiger partial charge in [0.2, 0.25) is 11.9 Å². The van der Waals surface area contributed by atoms with Crippen LogP contribution in [0.15, 0.2) is 54.6 Å². The molecule has 0 radical (unpaired) electrons. The predicted octanol–water partition coefficient (Wildman–Crippen LogP) is 2.92. The van der Waals surface area contributed by atoms with E-state index in [0.29, 0.717) is 12.4 Å². The molecule has 0 spiro atoms. The summed E-state index contributed by atoms with van der Waals surface area (Å²) in [7, 11) is 0. The number of aromatic nitrogens is 2. The van der Waals surface area contributed by atoms with Crippen LogP contribution in [0.2, 0.25) is 0 Å². The number of anilines is 1. The first-order chi connectivity index (χ1) is 13.7. The number of carbonyl (C=O) groups is 2. The zero-order valence-electron chi connectivity index (χ0n) is 15.5. The van der Waals surface area contributed by atoms with Crippen molar-refractivity contribution in [3.05, 3.63) is 60.2 Å². The van der Waals surface area contributed by atoms with Crippen molar-refractivity contribution in [3.8, 4) is 0 Å². The Kier molecular flexibility index (Phi) is 5.23. The second kappa shape index (κ2) is 8.12. The van der Waals surface area contributed by atoms with E-state index in [1.54, 1.807) is 4.90 Å². The molecule has 0 saturated carbocycles. The number of urea groups is 1. The number of aromatic amines is 1. The lowest BCUT2D eigenvalue weighted by molar-refractivity contribution is -0.118. The number of likely N-dealkylation sites (tertiary alicyclic amines) is 1. The fraction of sp³-hybridized carbons (Fsp3) is 0.286.